The molecule has 1 aromatic rings. The van der Waals surface area contributed by atoms with Gasteiger partial charge < -0.3 is 5.32 Å². The molecule has 1 aliphatic rings. The van der Waals surface area contributed by atoms with E-state index in [-0.39, 0.29) is 0 Å². The van der Waals surface area contributed by atoms with Gasteiger partial charge >= 0.3 is 0 Å². The summed E-state index contributed by atoms with van der Waals surface area (Å²) in [6, 6.07) is 3.58. The second kappa shape index (κ2) is 5.98. The van der Waals surface area contributed by atoms with E-state index >= 15 is 0 Å². The molecule has 1 aromatic heterocycles. The minimum Gasteiger partial charge on any atom is -0.310 e. The SMILES string of the molecule is CCc1ccsc1CN1CCC(NC(C)C)C1. The third kappa shape index (κ3) is 3.54. The van der Waals surface area contributed by atoms with Gasteiger partial charge in [-0.3, -0.25) is 4.90 Å². The van der Waals surface area contributed by atoms with E-state index in [4.69, 9.17) is 0 Å². The molecule has 0 radical (unpaired) electrons. The van der Waals surface area contributed by atoms with Crippen LogP contribution in [0.15, 0.2) is 11.4 Å². The zero-order valence-electron chi connectivity index (χ0n) is 11.2. The molecule has 2 heterocycles. The zero-order chi connectivity index (χ0) is 12.3. The summed E-state index contributed by atoms with van der Waals surface area (Å²) in [5, 5.41) is 5.87. The first-order chi connectivity index (χ1) is 8.19. The minimum atomic E-state index is 0.605. The van der Waals surface area contributed by atoms with E-state index in [9.17, 15) is 0 Å². The van der Waals surface area contributed by atoms with Crippen molar-refractivity contribution in [3.05, 3.63) is 21.9 Å². The summed E-state index contributed by atoms with van der Waals surface area (Å²) < 4.78 is 0. The summed E-state index contributed by atoms with van der Waals surface area (Å²) in [5.41, 5.74) is 1.54. The molecule has 0 bridgehead atoms. The lowest BCUT2D eigenvalue weighted by molar-refractivity contribution is 0.319. The molecule has 96 valence electrons. The standard InChI is InChI=1S/C14H24N2S/c1-4-12-6-8-17-14(12)10-16-7-5-13(9-16)15-11(2)3/h6,8,11,13,15H,4-5,7,9-10H2,1-3H3. The van der Waals surface area contributed by atoms with Crippen molar-refractivity contribution >= 4 is 11.3 Å². The van der Waals surface area contributed by atoms with Gasteiger partial charge in [-0.05, 0) is 29.9 Å². The van der Waals surface area contributed by atoms with Crippen LogP contribution in [-0.2, 0) is 13.0 Å². The average Bonchev–Trinajstić information content (AvgIpc) is 2.87. The topological polar surface area (TPSA) is 15.3 Å². The van der Waals surface area contributed by atoms with Gasteiger partial charge in [-0.25, -0.2) is 0 Å². The maximum atomic E-state index is 3.64. The van der Waals surface area contributed by atoms with Crippen molar-refractivity contribution in [3.8, 4) is 0 Å². The van der Waals surface area contributed by atoms with E-state index in [0.717, 1.165) is 6.54 Å². The number of hydrogen-bond acceptors (Lipinski definition) is 3. The van der Waals surface area contributed by atoms with E-state index in [1.165, 1.54) is 31.5 Å². The summed E-state index contributed by atoms with van der Waals surface area (Å²) in [5.74, 6) is 0. The van der Waals surface area contributed by atoms with Crippen molar-refractivity contribution in [2.24, 2.45) is 0 Å². The Balaban J connectivity index is 1.85. The van der Waals surface area contributed by atoms with E-state index in [1.807, 2.05) is 11.3 Å². The molecule has 2 rings (SSSR count). The fourth-order valence-corrected chi connectivity index (χ4v) is 3.62. The Morgan fingerprint density at radius 1 is 1.53 bits per heavy atom. The molecule has 0 aliphatic carbocycles. The quantitative estimate of drug-likeness (QED) is 0.867. The van der Waals surface area contributed by atoms with Crippen LogP contribution in [0.5, 0.6) is 0 Å². The Kier molecular flexibility index (Phi) is 4.60. The van der Waals surface area contributed by atoms with Crippen molar-refractivity contribution in [2.45, 2.75) is 52.2 Å². The fourth-order valence-electron chi connectivity index (χ4n) is 2.61. The number of nitrogens with one attached hydrogen (secondary N) is 1. The van der Waals surface area contributed by atoms with Crippen molar-refractivity contribution < 1.29 is 0 Å². The second-order valence-electron chi connectivity index (χ2n) is 5.26. The van der Waals surface area contributed by atoms with Crippen LogP contribution in [0.4, 0.5) is 0 Å². The highest BCUT2D eigenvalue weighted by Gasteiger charge is 2.23. The third-order valence-electron chi connectivity index (χ3n) is 3.43. The van der Waals surface area contributed by atoms with Gasteiger partial charge in [0.05, 0.1) is 0 Å². The molecule has 1 atom stereocenters. The summed E-state index contributed by atoms with van der Waals surface area (Å²) in [7, 11) is 0. The largest absolute Gasteiger partial charge is 0.310 e. The van der Waals surface area contributed by atoms with Crippen molar-refractivity contribution in [2.75, 3.05) is 13.1 Å². The zero-order valence-corrected chi connectivity index (χ0v) is 12.0. The van der Waals surface area contributed by atoms with Crippen LogP contribution in [0.2, 0.25) is 0 Å². The lowest BCUT2D eigenvalue weighted by Crippen LogP contribution is -2.36. The number of hydrogen-bond donors (Lipinski definition) is 1. The molecule has 17 heavy (non-hydrogen) atoms. The number of nitrogens with zero attached hydrogens (tertiary/aromatic N) is 1. The summed E-state index contributed by atoms with van der Waals surface area (Å²) in [6.07, 6.45) is 2.46. The predicted molar refractivity (Wildman–Crippen MR) is 75.7 cm³/mol. The van der Waals surface area contributed by atoms with Gasteiger partial charge in [0, 0.05) is 36.6 Å². The van der Waals surface area contributed by atoms with Gasteiger partial charge in [0.2, 0.25) is 0 Å². The van der Waals surface area contributed by atoms with E-state index in [0.29, 0.717) is 12.1 Å². The molecule has 1 aliphatic heterocycles. The highest BCUT2D eigenvalue weighted by molar-refractivity contribution is 7.10. The molecular formula is C14H24N2S. The lowest BCUT2D eigenvalue weighted by atomic mass is 10.2. The monoisotopic (exact) mass is 252 g/mol. The normalized spacial score (nSPS) is 21.5. The van der Waals surface area contributed by atoms with Gasteiger partial charge in [-0.1, -0.05) is 20.8 Å². The lowest BCUT2D eigenvalue weighted by Gasteiger charge is -2.18. The minimum absolute atomic E-state index is 0.605. The van der Waals surface area contributed by atoms with Gasteiger partial charge in [0.25, 0.3) is 0 Å². The third-order valence-corrected chi connectivity index (χ3v) is 4.38. The van der Waals surface area contributed by atoms with Gasteiger partial charge in [-0.2, -0.15) is 0 Å². The van der Waals surface area contributed by atoms with Crippen LogP contribution in [0.25, 0.3) is 0 Å². The van der Waals surface area contributed by atoms with E-state index in [1.54, 1.807) is 4.88 Å². The average molecular weight is 252 g/mol. The van der Waals surface area contributed by atoms with Crippen LogP contribution in [-0.4, -0.2) is 30.1 Å². The number of likely N-dealkylation sites (tertiary alicyclic amines) is 1. The first-order valence-electron chi connectivity index (χ1n) is 6.72. The van der Waals surface area contributed by atoms with Crippen molar-refractivity contribution in [1.29, 1.82) is 0 Å². The molecule has 0 spiro atoms. The smallest absolute Gasteiger partial charge is 0.0331 e. The Hall–Kier alpha value is -0.380. The van der Waals surface area contributed by atoms with Crippen LogP contribution in [0.1, 0.15) is 37.6 Å². The Labute approximate surface area is 109 Å². The molecular weight excluding hydrogens is 228 g/mol. The first kappa shape index (κ1) is 13.1. The van der Waals surface area contributed by atoms with Crippen molar-refractivity contribution in [3.63, 3.8) is 0 Å². The summed E-state index contributed by atoms with van der Waals surface area (Å²) >= 11 is 1.91. The summed E-state index contributed by atoms with van der Waals surface area (Å²) in [6.45, 7) is 10.3. The molecule has 0 saturated carbocycles. The van der Waals surface area contributed by atoms with E-state index in [2.05, 4.69) is 42.4 Å². The van der Waals surface area contributed by atoms with Crippen molar-refractivity contribution in [1.82, 2.24) is 10.2 Å². The Morgan fingerprint density at radius 3 is 3.06 bits per heavy atom. The number of thiophene rings is 1. The number of rotatable bonds is 5. The van der Waals surface area contributed by atoms with Crippen LogP contribution in [0.3, 0.4) is 0 Å². The maximum absolute atomic E-state index is 3.64. The molecule has 0 aromatic carbocycles. The van der Waals surface area contributed by atoms with Crippen LogP contribution >= 0.6 is 11.3 Å². The molecule has 2 nitrogen and oxygen atoms in total. The fraction of sp³-hybridized carbons (Fsp3) is 0.714. The molecule has 1 fully saturated rings. The highest BCUT2D eigenvalue weighted by Crippen LogP contribution is 2.21. The molecule has 0 amide bonds. The molecule has 1 N–H and O–H groups in total. The molecule has 3 heteroatoms. The van der Waals surface area contributed by atoms with Crippen LogP contribution in [0, 0.1) is 0 Å². The highest BCUT2D eigenvalue weighted by atomic mass is 32.1. The second-order valence-corrected chi connectivity index (χ2v) is 6.27. The Bertz CT molecular complexity index is 346. The van der Waals surface area contributed by atoms with Crippen LogP contribution < -0.4 is 5.32 Å². The van der Waals surface area contributed by atoms with Gasteiger partial charge in [-0.15, -0.1) is 11.3 Å². The number of aryl methyl sites for hydroxylation is 1. The summed E-state index contributed by atoms with van der Waals surface area (Å²) in [4.78, 5) is 4.16. The predicted octanol–water partition coefficient (Wildman–Crippen LogP) is 2.88. The first-order valence-corrected chi connectivity index (χ1v) is 7.60. The molecule has 1 saturated heterocycles. The van der Waals surface area contributed by atoms with Gasteiger partial charge in [0.1, 0.15) is 0 Å². The molecule has 1 unspecified atom stereocenters. The Morgan fingerprint density at radius 2 is 2.35 bits per heavy atom. The van der Waals surface area contributed by atoms with Gasteiger partial charge in [0.15, 0.2) is 0 Å². The maximum Gasteiger partial charge on any atom is 0.0331 e. The van der Waals surface area contributed by atoms with E-state index < -0.39 is 0 Å².